The second-order valence-electron chi connectivity index (χ2n) is 20.3. The second kappa shape index (κ2) is 59.8. The van der Waals surface area contributed by atoms with Crippen molar-refractivity contribution in [2.75, 3.05) is 39.6 Å². The number of allylic oxidation sites excluding steroid dienone is 2. The minimum absolute atomic E-state index is 0.0153. The Balaban J connectivity index is 4.78. The molecule has 0 fully saturated rings. The summed E-state index contributed by atoms with van der Waals surface area (Å²) in [5.41, 5.74) is 0. The first kappa shape index (κ1) is 68.2. The van der Waals surface area contributed by atoms with Gasteiger partial charge in [-0.15, -0.1) is 0 Å². The largest absolute Gasteiger partial charge is 0.353 e. The van der Waals surface area contributed by atoms with Gasteiger partial charge < -0.3 is 33.2 Å². The summed E-state index contributed by atoms with van der Waals surface area (Å²) in [4.78, 5) is 0. The van der Waals surface area contributed by atoms with Crippen LogP contribution in [0.1, 0.15) is 311 Å². The van der Waals surface area contributed by atoms with E-state index in [4.69, 9.17) is 33.2 Å². The Hall–Kier alpha value is -0.800. The average Bonchev–Trinajstić information content (AvgIpc) is 3.35. The molecule has 0 radical (unpaired) electrons. The lowest BCUT2D eigenvalue weighted by Gasteiger charge is -2.22. The van der Waals surface area contributed by atoms with E-state index in [2.05, 4.69) is 65.8 Å². The molecule has 0 amide bonds. The van der Waals surface area contributed by atoms with Gasteiger partial charge in [-0.3, -0.25) is 0 Å². The van der Waals surface area contributed by atoms with Crippen LogP contribution in [0.5, 0.6) is 0 Å². The van der Waals surface area contributed by atoms with Gasteiger partial charge in [-0.25, -0.2) is 0 Å². The van der Waals surface area contributed by atoms with Gasteiger partial charge >= 0.3 is 0 Å². The minimum atomic E-state index is -0.383. The lowest BCUT2D eigenvalue weighted by molar-refractivity contribution is -0.208. The molecule has 0 aromatic carbocycles. The predicted octanol–water partition coefficient (Wildman–Crippen LogP) is 20.0. The highest BCUT2D eigenvalue weighted by atomic mass is 16.8. The zero-order valence-electron chi connectivity index (χ0n) is 47.4. The lowest BCUT2D eigenvalue weighted by Crippen LogP contribution is -2.25. The summed E-state index contributed by atoms with van der Waals surface area (Å²) >= 11 is 0. The van der Waals surface area contributed by atoms with Crippen molar-refractivity contribution in [2.24, 2.45) is 0 Å². The van der Waals surface area contributed by atoms with Crippen molar-refractivity contribution < 1.29 is 33.2 Å². The zero-order valence-corrected chi connectivity index (χ0v) is 47.4. The standard InChI is InChI=1S/C62H122O7/c1-7-13-19-43-53-63-59(64-54-44-20-14-8-2)49-39-35-31-27-25-29-33-37-41-51-61(67-57-47-23-17-11-5)69-62(68-58-48-24-18-12-6)52-42-38-34-30-26-28-32-36-40-50-60(65-55-45-21-15-9-3)66-56-46-22-16-10-4/h41-42,51-52,59-62H,7-40,43-50,53-58H2,1-6H3. The van der Waals surface area contributed by atoms with E-state index >= 15 is 0 Å². The number of ether oxygens (including phenoxy) is 7. The predicted molar refractivity (Wildman–Crippen MR) is 298 cm³/mol. The van der Waals surface area contributed by atoms with Crippen LogP contribution in [-0.2, 0) is 33.2 Å². The van der Waals surface area contributed by atoms with Crippen molar-refractivity contribution in [3.05, 3.63) is 24.3 Å². The molecule has 0 aliphatic carbocycles. The summed E-state index contributed by atoms with van der Waals surface area (Å²) in [5.74, 6) is 0. The third-order valence-electron chi connectivity index (χ3n) is 13.2. The summed E-state index contributed by atoms with van der Waals surface area (Å²) in [6.45, 7) is 18.4. The molecule has 0 rings (SSSR count). The van der Waals surface area contributed by atoms with Gasteiger partial charge in [0.15, 0.2) is 25.2 Å². The minimum Gasteiger partial charge on any atom is -0.353 e. The van der Waals surface area contributed by atoms with E-state index in [-0.39, 0.29) is 25.2 Å². The molecule has 0 spiro atoms. The van der Waals surface area contributed by atoms with Crippen LogP contribution in [0.3, 0.4) is 0 Å². The van der Waals surface area contributed by atoms with E-state index in [1.54, 1.807) is 0 Å². The summed E-state index contributed by atoms with van der Waals surface area (Å²) in [6.07, 6.45) is 59.4. The number of unbranched alkanes of at least 4 members (excludes halogenated alkanes) is 32. The first-order valence-corrected chi connectivity index (χ1v) is 30.8. The fourth-order valence-electron chi connectivity index (χ4n) is 8.60. The number of hydrogen-bond donors (Lipinski definition) is 0. The molecule has 0 aliphatic rings. The first-order chi connectivity index (χ1) is 34.1. The molecule has 0 aromatic rings. The Morgan fingerprint density at radius 3 is 0.754 bits per heavy atom. The molecular weight excluding hydrogens is 857 g/mol. The van der Waals surface area contributed by atoms with Crippen molar-refractivity contribution >= 4 is 0 Å². The van der Waals surface area contributed by atoms with E-state index < -0.39 is 0 Å². The average molecular weight is 980 g/mol. The molecule has 2 atom stereocenters. The molecule has 0 N–H and O–H groups in total. The van der Waals surface area contributed by atoms with Crippen molar-refractivity contribution in [3.8, 4) is 0 Å². The normalized spacial score (nSPS) is 13.1. The van der Waals surface area contributed by atoms with Crippen LogP contribution < -0.4 is 0 Å². The third-order valence-corrected chi connectivity index (χ3v) is 13.2. The van der Waals surface area contributed by atoms with Crippen molar-refractivity contribution in [2.45, 2.75) is 336 Å². The maximum atomic E-state index is 6.56. The molecule has 0 aromatic heterocycles. The van der Waals surface area contributed by atoms with Gasteiger partial charge in [0, 0.05) is 26.4 Å². The fraction of sp³-hybridized carbons (Fsp3) is 0.935. The van der Waals surface area contributed by atoms with Gasteiger partial charge in [0.05, 0.1) is 13.2 Å². The Morgan fingerprint density at radius 1 is 0.246 bits per heavy atom. The van der Waals surface area contributed by atoms with Crippen molar-refractivity contribution in [1.82, 2.24) is 0 Å². The molecule has 0 aliphatic heterocycles. The summed E-state index contributed by atoms with van der Waals surface area (Å²) in [6, 6.07) is 0. The van der Waals surface area contributed by atoms with E-state index in [9.17, 15) is 0 Å². The zero-order chi connectivity index (χ0) is 50.0. The molecule has 0 saturated carbocycles. The smallest absolute Gasteiger partial charge is 0.180 e. The molecule has 2 unspecified atom stereocenters. The SMILES string of the molecule is CCCCCCOC(C=CCCCCCCCCCC(OCCCCCC)OCCCCCC)OC(C=CCCCCCCCCCC(OCCCCCC)OCCCCCC)OCCCCCC. The molecule has 0 bridgehead atoms. The molecule has 0 heterocycles. The molecule has 69 heavy (non-hydrogen) atoms. The maximum absolute atomic E-state index is 6.56. The number of rotatable bonds is 60. The molecule has 7 nitrogen and oxygen atoms in total. The summed E-state index contributed by atoms with van der Waals surface area (Å²) in [7, 11) is 0. The third kappa shape index (κ3) is 53.3. The lowest BCUT2D eigenvalue weighted by atomic mass is 10.1. The highest BCUT2D eigenvalue weighted by molar-refractivity contribution is 4.90. The van der Waals surface area contributed by atoms with Gasteiger partial charge in [0.2, 0.25) is 0 Å². The number of hydrogen-bond acceptors (Lipinski definition) is 7. The van der Waals surface area contributed by atoms with Crippen LogP contribution in [0.25, 0.3) is 0 Å². The Kier molecular flexibility index (Phi) is 59.1. The van der Waals surface area contributed by atoms with Gasteiger partial charge in [-0.1, -0.05) is 233 Å². The summed E-state index contributed by atoms with van der Waals surface area (Å²) in [5, 5.41) is 0. The quantitative estimate of drug-likeness (QED) is 0.0342. The van der Waals surface area contributed by atoms with Gasteiger partial charge in [0.25, 0.3) is 0 Å². The van der Waals surface area contributed by atoms with Crippen LogP contribution in [0.4, 0.5) is 0 Å². The van der Waals surface area contributed by atoms with Crippen LogP contribution in [0.2, 0.25) is 0 Å². The Morgan fingerprint density at radius 2 is 0.478 bits per heavy atom. The fourth-order valence-corrected chi connectivity index (χ4v) is 8.60. The van der Waals surface area contributed by atoms with E-state index in [0.29, 0.717) is 0 Å². The van der Waals surface area contributed by atoms with Gasteiger partial charge in [0.1, 0.15) is 0 Å². The van der Waals surface area contributed by atoms with Gasteiger partial charge in [-0.05, 0) is 102 Å². The second-order valence-corrected chi connectivity index (χ2v) is 20.3. The van der Waals surface area contributed by atoms with Crippen LogP contribution in [0, 0.1) is 0 Å². The topological polar surface area (TPSA) is 64.6 Å². The monoisotopic (exact) mass is 979 g/mol. The molecule has 7 heteroatoms. The van der Waals surface area contributed by atoms with Crippen LogP contribution >= 0.6 is 0 Å². The first-order valence-electron chi connectivity index (χ1n) is 30.8. The highest BCUT2D eigenvalue weighted by Gasteiger charge is 2.15. The Bertz CT molecular complexity index is 886. The van der Waals surface area contributed by atoms with Crippen molar-refractivity contribution in [1.29, 1.82) is 0 Å². The van der Waals surface area contributed by atoms with Crippen LogP contribution in [-0.4, -0.2) is 64.8 Å². The summed E-state index contributed by atoms with van der Waals surface area (Å²) < 4.78 is 44.0. The molecule has 412 valence electrons. The maximum Gasteiger partial charge on any atom is 0.180 e. The van der Waals surface area contributed by atoms with E-state index in [1.165, 1.54) is 205 Å². The van der Waals surface area contributed by atoms with Crippen LogP contribution in [0.15, 0.2) is 24.3 Å². The van der Waals surface area contributed by atoms with E-state index in [1.807, 2.05) is 0 Å². The highest BCUT2D eigenvalue weighted by Crippen LogP contribution is 2.18. The Labute approximate surface area is 431 Å². The van der Waals surface area contributed by atoms with Crippen molar-refractivity contribution in [3.63, 3.8) is 0 Å². The molecule has 0 saturated heterocycles. The van der Waals surface area contributed by atoms with Gasteiger partial charge in [-0.2, -0.15) is 0 Å². The van der Waals surface area contributed by atoms with E-state index in [0.717, 1.165) is 104 Å². The molecular formula is C62H122O7.